The molecule has 0 radical (unpaired) electrons. The molecule has 0 aliphatic carbocycles. The number of amides is 1. The maximum absolute atomic E-state index is 12.5. The minimum Gasteiger partial charge on any atom is -0.466 e. The third-order valence-corrected chi connectivity index (χ3v) is 13.1. The van der Waals surface area contributed by atoms with Crippen molar-refractivity contribution in [1.29, 1.82) is 0 Å². The van der Waals surface area contributed by atoms with E-state index in [1.54, 1.807) is 6.08 Å². The Morgan fingerprint density at radius 1 is 0.431 bits per heavy atom. The van der Waals surface area contributed by atoms with Crippen LogP contribution in [0.4, 0.5) is 0 Å². The third-order valence-electron chi connectivity index (χ3n) is 13.1. The Hall–Kier alpha value is -1.92. The first-order valence-corrected chi connectivity index (χ1v) is 28.8. The molecule has 0 aliphatic heterocycles. The normalized spacial score (nSPS) is 12.9. The van der Waals surface area contributed by atoms with Gasteiger partial charge in [-0.3, -0.25) is 9.59 Å². The minimum absolute atomic E-state index is 0.0132. The SMILES string of the molecule is CCC/C=C\C/C=C\CCCCCCCC(=O)OCCCCCCCCCCCCCCCCCCC(=O)NC(CO)C(O)/C=C/CCCCCCCCCCCCCCCCCCC. The molecule has 0 rings (SSSR count). The monoisotopic (exact) mass is 914 g/mol. The first-order valence-electron chi connectivity index (χ1n) is 28.8. The van der Waals surface area contributed by atoms with E-state index in [1.807, 2.05) is 6.08 Å². The van der Waals surface area contributed by atoms with Crippen LogP contribution in [0.1, 0.15) is 303 Å². The quantitative estimate of drug-likeness (QED) is 0.0321. The summed E-state index contributed by atoms with van der Waals surface area (Å²) in [6.45, 7) is 4.83. The molecular formula is C59H111NO5. The van der Waals surface area contributed by atoms with E-state index >= 15 is 0 Å². The first kappa shape index (κ1) is 63.1. The Kier molecular flexibility index (Phi) is 53.1. The molecular weight excluding hydrogens is 803 g/mol. The molecule has 0 heterocycles. The highest BCUT2D eigenvalue weighted by molar-refractivity contribution is 5.76. The fourth-order valence-corrected chi connectivity index (χ4v) is 8.73. The van der Waals surface area contributed by atoms with Gasteiger partial charge in [-0.25, -0.2) is 0 Å². The summed E-state index contributed by atoms with van der Waals surface area (Å²) in [4.78, 5) is 24.5. The Morgan fingerprint density at radius 2 is 0.800 bits per heavy atom. The number of unbranched alkanes of at least 4 members (excludes halogenated alkanes) is 38. The van der Waals surface area contributed by atoms with Crippen LogP contribution in [0.3, 0.4) is 0 Å². The van der Waals surface area contributed by atoms with Gasteiger partial charge >= 0.3 is 5.97 Å². The van der Waals surface area contributed by atoms with E-state index in [4.69, 9.17) is 4.74 Å². The van der Waals surface area contributed by atoms with E-state index < -0.39 is 12.1 Å². The van der Waals surface area contributed by atoms with Crippen LogP contribution >= 0.6 is 0 Å². The van der Waals surface area contributed by atoms with Crippen molar-refractivity contribution in [3.8, 4) is 0 Å². The van der Waals surface area contributed by atoms with Crippen LogP contribution in [-0.4, -0.2) is 47.4 Å². The van der Waals surface area contributed by atoms with Gasteiger partial charge in [0.2, 0.25) is 5.91 Å². The first-order chi connectivity index (χ1) is 32.0. The van der Waals surface area contributed by atoms with Crippen LogP contribution in [0, 0.1) is 0 Å². The van der Waals surface area contributed by atoms with E-state index in [2.05, 4.69) is 43.5 Å². The number of rotatable bonds is 53. The number of aliphatic hydroxyl groups is 2. The number of carbonyl (C=O) groups excluding carboxylic acids is 2. The highest BCUT2D eigenvalue weighted by Crippen LogP contribution is 2.17. The van der Waals surface area contributed by atoms with Gasteiger partial charge in [0, 0.05) is 12.8 Å². The molecule has 0 bridgehead atoms. The van der Waals surface area contributed by atoms with Crippen LogP contribution < -0.4 is 5.32 Å². The average molecular weight is 915 g/mol. The lowest BCUT2D eigenvalue weighted by Gasteiger charge is -2.20. The lowest BCUT2D eigenvalue weighted by atomic mass is 10.0. The number of esters is 1. The predicted molar refractivity (Wildman–Crippen MR) is 283 cm³/mol. The Bertz CT molecular complexity index is 1060. The fourth-order valence-electron chi connectivity index (χ4n) is 8.73. The molecule has 6 nitrogen and oxygen atoms in total. The van der Waals surface area contributed by atoms with Crippen molar-refractivity contribution in [2.75, 3.05) is 13.2 Å². The zero-order valence-electron chi connectivity index (χ0n) is 43.5. The topological polar surface area (TPSA) is 95.9 Å². The van der Waals surface area contributed by atoms with Crippen molar-refractivity contribution in [3.63, 3.8) is 0 Å². The van der Waals surface area contributed by atoms with Crippen molar-refractivity contribution in [2.24, 2.45) is 0 Å². The van der Waals surface area contributed by atoms with Gasteiger partial charge in [-0.1, -0.05) is 269 Å². The van der Waals surface area contributed by atoms with E-state index in [0.29, 0.717) is 19.4 Å². The van der Waals surface area contributed by atoms with E-state index in [-0.39, 0.29) is 18.5 Å². The van der Waals surface area contributed by atoms with Gasteiger partial charge in [0.25, 0.3) is 0 Å². The molecule has 382 valence electrons. The third kappa shape index (κ3) is 51.3. The van der Waals surface area contributed by atoms with E-state index in [9.17, 15) is 19.8 Å². The molecule has 0 saturated carbocycles. The molecule has 65 heavy (non-hydrogen) atoms. The van der Waals surface area contributed by atoms with Crippen LogP contribution in [0.15, 0.2) is 36.5 Å². The minimum atomic E-state index is -0.850. The van der Waals surface area contributed by atoms with Gasteiger partial charge in [0.05, 0.1) is 25.4 Å². The number of aliphatic hydroxyl groups excluding tert-OH is 2. The summed E-state index contributed by atoms with van der Waals surface area (Å²) in [5, 5.41) is 23.2. The van der Waals surface area contributed by atoms with Crippen molar-refractivity contribution in [3.05, 3.63) is 36.5 Å². The highest BCUT2D eigenvalue weighted by atomic mass is 16.5. The van der Waals surface area contributed by atoms with Crippen molar-refractivity contribution in [2.45, 2.75) is 315 Å². The summed E-state index contributed by atoms with van der Waals surface area (Å²) in [6, 6.07) is -0.634. The summed E-state index contributed by atoms with van der Waals surface area (Å²) in [6.07, 6.45) is 67.3. The second-order valence-corrected chi connectivity index (χ2v) is 19.6. The lowest BCUT2D eigenvalue weighted by molar-refractivity contribution is -0.143. The van der Waals surface area contributed by atoms with Crippen molar-refractivity contribution in [1.82, 2.24) is 5.32 Å². The second-order valence-electron chi connectivity index (χ2n) is 19.6. The van der Waals surface area contributed by atoms with Gasteiger partial charge in [0.15, 0.2) is 0 Å². The molecule has 0 saturated heterocycles. The Morgan fingerprint density at radius 3 is 1.23 bits per heavy atom. The smallest absolute Gasteiger partial charge is 0.305 e. The lowest BCUT2D eigenvalue weighted by Crippen LogP contribution is -2.45. The van der Waals surface area contributed by atoms with Crippen LogP contribution in [0.5, 0.6) is 0 Å². The standard InChI is InChI=1S/C59H111NO5/c1-3-5-7-9-11-13-15-17-18-19-20-21-24-28-31-35-39-43-47-51-57(62)56(55-61)60-58(63)52-48-44-40-36-32-29-25-22-23-26-30-34-38-42-46-50-54-65-59(64)53-49-45-41-37-33-27-16-14-12-10-8-6-4-2/h8,10,14,16,47,51,56-57,61-62H,3-7,9,11-13,15,17-46,48-50,52-55H2,1-2H3,(H,60,63)/b10-8-,16-14-,51-47+. The molecule has 0 aromatic heterocycles. The summed E-state index contributed by atoms with van der Waals surface area (Å²) in [5.74, 6) is -0.0869. The number of carbonyl (C=O) groups is 2. The number of ether oxygens (including phenoxy) is 1. The van der Waals surface area contributed by atoms with E-state index in [1.165, 1.54) is 218 Å². The van der Waals surface area contributed by atoms with Crippen LogP contribution in [-0.2, 0) is 14.3 Å². The van der Waals surface area contributed by atoms with Crippen LogP contribution in [0.2, 0.25) is 0 Å². The number of nitrogens with one attached hydrogen (secondary N) is 1. The largest absolute Gasteiger partial charge is 0.466 e. The second kappa shape index (κ2) is 54.7. The number of allylic oxidation sites excluding steroid dienone is 5. The average Bonchev–Trinajstić information content (AvgIpc) is 3.31. The van der Waals surface area contributed by atoms with Gasteiger partial charge in [-0.15, -0.1) is 0 Å². The summed E-state index contributed by atoms with van der Waals surface area (Å²) in [5.41, 5.74) is 0. The van der Waals surface area contributed by atoms with Gasteiger partial charge < -0.3 is 20.3 Å². The molecule has 0 fully saturated rings. The molecule has 0 aliphatic rings. The molecule has 0 aromatic rings. The molecule has 2 atom stereocenters. The Balaban J connectivity index is 3.47. The maximum atomic E-state index is 12.5. The number of hydrogen-bond donors (Lipinski definition) is 3. The van der Waals surface area contributed by atoms with E-state index in [0.717, 1.165) is 57.8 Å². The Labute approximate surface area is 404 Å². The van der Waals surface area contributed by atoms with Crippen LogP contribution in [0.25, 0.3) is 0 Å². The predicted octanol–water partition coefficient (Wildman–Crippen LogP) is 17.6. The van der Waals surface area contributed by atoms with Gasteiger partial charge in [-0.2, -0.15) is 0 Å². The molecule has 0 aromatic carbocycles. The van der Waals surface area contributed by atoms with Crippen molar-refractivity contribution >= 4 is 11.9 Å². The summed E-state index contributed by atoms with van der Waals surface area (Å²) < 4.78 is 5.46. The van der Waals surface area contributed by atoms with Gasteiger partial charge in [0.1, 0.15) is 0 Å². The highest BCUT2D eigenvalue weighted by Gasteiger charge is 2.18. The maximum Gasteiger partial charge on any atom is 0.305 e. The van der Waals surface area contributed by atoms with Gasteiger partial charge in [-0.05, 0) is 57.8 Å². The van der Waals surface area contributed by atoms with Crippen molar-refractivity contribution < 1.29 is 24.5 Å². The summed E-state index contributed by atoms with van der Waals surface area (Å²) in [7, 11) is 0. The summed E-state index contributed by atoms with van der Waals surface area (Å²) >= 11 is 0. The zero-order chi connectivity index (χ0) is 47.2. The molecule has 6 heteroatoms. The molecule has 0 spiro atoms. The fraction of sp³-hybridized carbons (Fsp3) is 0.864. The zero-order valence-corrected chi connectivity index (χ0v) is 43.5. The molecule has 3 N–H and O–H groups in total. The molecule has 1 amide bonds. The molecule has 2 unspecified atom stereocenters. The number of hydrogen-bond acceptors (Lipinski definition) is 5.